The maximum atomic E-state index is 13.0. The summed E-state index contributed by atoms with van der Waals surface area (Å²) < 4.78 is 43.8. The number of nitrogens with zero attached hydrogens (tertiary/aromatic N) is 2. The van der Waals surface area contributed by atoms with Crippen LogP contribution in [0.5, 0.6) is 0 Å². The number of benzene rings is 2. The molecule has 0 saturated carbocycles. The van der Waals surface area contributed by atoms with Gasteiger partial charge >= 0.3 is 12.1 Å². The van der Waals surface area contributed by atoms with Gasteiger partial charge in [0.25, 0.3) is 0 Å². The van der Waals surface area contributed by atoms with Crippen molar-refractivity contribution >= 4 is 11.7 Å². The lowest BCUT2D eigenvalue weighted by Gasteiger charge is -2.37. The van der Waals surface area contributed by atoms with Crippen LogP contribution in [-0.4, -0.2) is 44.2 Å². The van der Waals surface area contributed by atoms with Crippen molar-refractivity contribution in [3.8, 4) is 0 Å². The van der Waals surface area contributed by atoms with E-state index in [1.54, 1.807) is 0 Å². The predicted octanol–water partition coefficient (Wildman–Crippen LogP) is 4.12. The van der Waals surface area contributed by atoms with Gasteiger partial charge in [0.2, 0.25) is 0 Å². The zero-order valence-corrected chi connectivity index (χ0v) is 15.9. The van der Waals surface area contributed by atoms with Gasteiger partial charge in [-0.25, -0.2) is 4.79 Å². The molecule has 0 unspecified atom stereocenters. The number of hydrogen-bond donors (Lipinski definition) is 0. The van der Waals surface area contributed by atoms with Gasteiger partial charge in [0.15, 0.2) is 0 Å². The summed E-state index contributed by atoms with van der Waals surface area (Å²) >= 11 is 0. The predicted molar refractivity (Wildman–Crippen MR) is 101 cm³/mol. The van der Waals surface area contributed by atoms with Crippen molar-refractivity contribution in [2.45, 2.75) is 19.6 Å². The Kier molecular flexibility index (Phi) is 5.93. The van der Waals surface area contributed by atoms with E-state index in [0.29, 0.717) is 18.8 Å². The fourth-order valence-corrected chi connectivity index (χ4v) is 3.44. The molecule has 0 N–H and O–H groups in total. The van der Waals surface area contributed by atoms with Gasteiger partial charge in [0.05, 0.1) is 23.9 Å². The lowest BCUT2D eigenvalue weighted by molar-refractivity contribution is -0.137. The van der Waals surface area contributed by atoms with Gasteiger partial charge in [-0.3, -0.25) is 4.90 Å². The molecule has 0 atom stereocenters. The number of carbonyl (C=O) groups excluding carboxylic acids is 1. The molecule has 2 aromatic rings. The number of carbonyl (C=O) groups is 1. The number of halogens is 3. The van der Waals surface area contributed by atoms with Crippen LogP contribution in [0.1, 0.15) is 27.0 Å². The van der Waals surface area contributed by atoms with Gasteiger partial charge in [0, 0.05) is 32.7 Å². The minimum absolute atomic E-state index is 0.0512. The van der Waals surface area contributed by atoms with Crippen molar-refractivity contribution in [1.82, 2.24) is 4.90 Å². The zero-order valence-electron chi connectivity index (χ0n) is 15.9. The molecule has 1 saturated heterocycles. The van der Waals surface area contributed by atoms with Crippen molar-refractivity contribution in [2.24, 2.45) is 0 Å². The molecule has 150 valence electrons. The topological polar surface area (TPSA) is 32.8 Å². The molecule has 1 aliphatic heterocycles. The summed E-state index contributed by atoms with van der Waals surface area (Å²) in [5.74, 6) is -0.761. The van der Waals surface area contributed by atoms with Gasteiger partial charge in [-0.05, 0) is 36.2 Å². The van der Waals surface area contributed by atoms with E-state index in [1.807, 2.05) is 17.0 Å². The number of methoxy groups -OCH3 is 1. The van der Waals surface area contributed by atoms with Crippen molar-refractivity contribution in [3.05, 3.63) is 64.7 Å². The number of piperazine rings is 1. The summed E-state index contributed by atoms with van der Waals surface area (Å²) in [5, 5.41) is 0. The summed E-state index contributed by atoms with van der Waals surface area (Å²) in [5.41, 5.74) is 2.08. The van der Waals surface area contributed by atoms with Gasteiger partial charge in [-0.15, -0.1) is 0 Å². The maximum absolute atomic E-state index is 13.0. The van der Waals surface area contributed by atoms with E-state index >= 15 is 0 Å². The van der Waals surface area contributed by atoms with Crippen LogP contribution in [0.25, 0.3) is 0 Å². The Morgan fingerprint density at radius 2 is 1.75 bits per heavy atom. The van der Waals surface area contributed by atoms with Crippen LogP contribution >= 0.6 is 0 Å². The average Bonchev–Trinajstić information content (AvgIpc) is 2.68. The van der Waals surface area contributed by atoms with Crippen LogP contribution in [0.15, 0.2) is 42.5 Å². The number of hydrogen-bond acceptors (Lipinski definition) is 4. The Bertz CT molecular complexity index is 844. The van der Waals surface area contributed by atoms with Gasteiger partial charge in [-0.2, -0.15) is 13.2 Å². The van der Waals surface area contributed by atoms with Crippen LogP contribution in [0.3, 0.4) is 0 Å². The second kappa shape index (κ2) is 8.22. The van der Waals surface area contributed by atoms with Crippen molar-refractivity contribution in [3.63, 3.8) is 0 Å². The second-order valence-electron chi connectivity index (χ2n) is 6.91. The minimum Gasteiger partial charge on any atom is -0.465 e. The molecule has 0 spiro atoms. The summed E-state index contributed by atoms with van der Waals surface area (Å²) in [7, 11) is 1.17. The molecule has 1 aliphatic rings. The Morgan fingerprint density at radius 3 is 2.36 bits per heavy atom. The number of rotatable bonds is 4. The molecule has 4 nitrogen and oxygen atoms in total. The second-order valence-corrected chi connectivity index (χ2v) is 6.91. The summed E-state index contributed by atoms with van der Waals surface area (Å²) in [6, 6.07) is 11.5. The monoisotopic (exact) mass is 392 g/mol. The first-order valence-electron chi connectivity index (χ1n) is 9.11. The summed E-state index contributed by atoms with van der Waals surface area (Å²) in [6.45, 7) is 5.68. The van der Waals surface area contributed by atoms with Crippen LogP contribution in [-0.2, 0) is 17.5 Å². The third-order valence-electron chi connectivity index (χ3n) is 5.10. The van der Waals surface area contributed by atoms with Gasteiger partial charge in [-0.1, -0.05) is 24.3 Å². The molecule has 3 rings (SSSR count). The molecule has 0 aliphatic carbocycles. The van der Waals surface area contributed by atoms with Crippen molar-refractivity contribution in [1.29, 1.82) is 0 Å². The summed E-state index contributed by atoms with van der Waals surface area (Å²) in [4.78, 5) is 16.3. The van der Waals surface area contributed by atoms with E-state index in [2.05, 4.69) is 24.0 Å². The molecule has 28 heavy (non-hydrogen) atoms. The van der Waals surface area contributed by atoms with Gasteiger partial charge in [0.1, 0.15) is 0 Å². The van der Waals surface area contributed by atoms with E-state index in [-0.39, 0.29) is 5.56 Å². The SMILES string of the molecule is COC(=O)c1cc(C(F)(F)F)ccc1N1CCN(Cc2ccccc2C)CC1. The van der Waals surface area contributed by atoms with E-state index in [0.717, 1.165) is 31.8 Å². The Labute approximate surface area is 162 Å². The molecular formula is C21H23F3N2O2. The van der Waals surface area contributed by atoms with Crippen LogP contribution in [0.2, 0.25) is 0 Å². The fourth-order valence-electron chi connectivity index (χ4n) is 3.44. The number of esters is 1. The quantitative estimate of drug-likeness (QED) is 0.733. The largest absolute Gasteiger partial charge is 0.465 e. The molecular weight excluding hydrogens is 369 g/mol. The lowest BCUT2D eigenvalue weighted by atomic mass is 10.1. The highest BCUT2D eigenvalue weighted by atomic mass is 19.4. The standard InChI is InChI=1S/C21H23F3N2O2/c1-15-5-3-4-6-16(15)14-25-9-11-26(12-10-25)19-8-7-17(21(22,23)24)13-18(19)20(27)28-2/h3-8,13H,9-12,14H2,1-2H3. The van der Waals surface area contributed by atoms with Crippen LogP contribution in [0, 0.1) is 6.92 Å². The Balaban J connectivity index is 1.74. The Morgan fingerprint density at radius 1 is 1.07 bits per heavy atom. The first-order valence-corrected chi connectivity index (χ1v) is 9.11. The molecule has 1 fully saturated rings. The smallest absolute Gasteiger partial charge is 0.416 e. The molecule has 1 heterocycles. The Hall–Kier alpha value is -2.54. The van der Waals surface area contributed by atoms with E-state index in [1.165, 1.54) is 24.3 Å². The highest BCUT2D eigenvalue weighted by Gasteiger charge is 2.33. The van der Waals surface area contributed by atoms with Crippen LogP contribution in [0.4, 0.5) is 18.9 Å². The number of anilines is 1. The lowest BCUT2D eigenvalue weighted by Crippen LogP contribution is -2.46. The fraction of sp³-hybridized carbons (Fsp3) is 0.381. The third kappa shape index (κ3) is 4.47. The van der Waals surface area contributed by atoms with E-state index in [4.69, 9.17) is 4.74 Å². The molecule has 0 radical (unpaired) electrons. The first-order chi connectivity index (χ1) is 13.3. The maximum Gasteiger partial charge on any atom is 0.416 e. The van der Waals surface area contributed by atoms with E-state index < -0.39 is 17.7 Å². The normalized spacial score (nSPS) is 15.5. The van der Waals surface area contributed by atoms with Crippen LogP contribution < -0.4 is 4.90 Å². The molecule has 0 aromatic heterocycles. The highest BCUT2D eigenvalue weighted by molar-refractivity contribution is 5.96. The minimum atomic E-state index is -4.51. The number of aryl methyl sites for hydroxylation is 1. The molecule has 0 bridgehead atoms. The highest BCUT2D eigenvalue weighted by Crippen LogP contribution is 2.33. The summed E-state index contributed by atoms with van der Waals surface area (Å²) in [6.07, 6.45) is -4.51. The number of alkyl halides is 3. The van der Waals surface area contributed by atoms with Crippen molar-refractivity contribution in [2.75, 3.05) is 38.2 Å². The first kappa shape index (κ1) is 20.2. The molecule has 0 amide bonds. The van der Waals surface area contributed by atoms with Gasteiger partial charge < -0.3 is 9.64 Å². The molecule has 7 heteroatoms. The van der Waals surface area contributed by atoms with Crippen molar-refractivity contribution < 1.29 is 22.7 Å². The van der Waals surface area contributed by atoms with E-state index in [9.17, 15) is 18.0 Å². The zero-order chi connectivity index (χ0) is 20.3. The third-order valence-corrected chi connectivity index (χ3v) is 5.10. The average molecular weight is 392 g/mol. The number of ether oxygens (including phenoxy) is 1. The molecule has 2 aromatic carbocycles.